The Balaban J connectivity index is 2.07. The fourth-order valence-electron chi connectivity index (χ4n) is 2.91. The van der Waals surface area contributed by atoms with Crippen LogP contribution in [0.1, 0.15) is 22.6 Å². The van der Waals surface area contributed by atoms with Gasteiger partial charge in [0.1, 0.15) is 0 Å². The van der Waals surface area contributed by atoms with E-state index in [1.807, 2.05) is 35.2 Å². The summed E-state index contributed by atoms with van der Waals surface area (Å²) in [5, 5.41) is 0.702. The van der Waals surface area contributed by atoms with Gasteiger partial charge >= 0.3 is 0 Å². The van der Waals surface area contributed by atoms with Gasteiger partial charge < -0.3 is 4.90 Å². The van der Waals surface area contributed by atoms with E-state index in [2.05, 4.69) is 24.8 Å². The van der Waals surface area contributed by atoms with Crippen molar-refractivity contribution in [1.82, 2.24) is 4.90 Å². The molecule has 0 saturated carbocycles. The molecule has 1 aliphatic heterocycles. The number of halogens is 1. The summed E-state index contributed by atoms with van der Waals surface area (Å²) in [5.74, 6) is 0.137. The Morgan fingerprint density at radius 2 is 2.00 bits per heavy atom. The number of hydrogen-bond acceptors (Lipinski definition) is 1. The van der Waals surface area contributed by atoms with Crippen molar-refractivity contribution < 1.29 is 4.79 Å². The van der Waals surface area contributed by atoms with Crippen LogP contribution in [0.15, 0.2) is 61.2 Å². The van der Waals surface area contributed by atoms with Crippen molar-refractivity contribution in [3.63, 3.8) is 0 Å². The zero-order chi connectivity index (χ0) is 14.8. The molecule has 21 heavy (non-hydrogen) atoms. The predicted octanol–water partition coefficient (Wildman–Crippen LogP) is 4.00. The number of benzene rings is 2. The molecule has 0 spiro atoms. The molecule has 3 heteroatoms. The Bertz CT molecular complexity index is 681. The molecule has 0 saturated heterocycles. The van der Waals surface area contributed by atoms with Crippen LogP contribution in [0.4, 0.5) is 0 Å². The topological polar surface area (TPSA) is 20.3 Å². The van der Waals surface area contributed by atoms with Crippen LogP contribution < -0.4 is 0 Å². The van der Waals surface area contributed by atoms with Gasteiger partial charge in [0.2, 0.25) is 5.91 Å². The summed E-state index contributed by atoms with van der Waals surface area (Å²) in [5.41, 5.74) is 3.57. The number of nitrogens with zero attached hydrogens (tertiary/aromatic N) is 1. The van der Waals surface area contributed by atoms with Crippen molar-refractivity contribution in [3.8, 4) is 0 Å². The monoisotopic (exact) mass is 297 g/mol. The second-order valence-electron chi connectivity index (χ2n) is 5.23. The van der Waals surface area contributed by atoms with E-state index in [9.17, 15) is 4.79 Å². The minimum atomic E-state index is -0.0402. The van der Waals surface area contributed by atoms with Crippen molar-refractivity contribution in [2.75, 3.05) is 6.54 Å². The molecule has 0 unspecified atom stereocenters. The van der Waals surface area contributed by atoms with Crippen LogP contribution in [0.5, 0.6) is 0 Å². The quantitative estimate of drug-likeness (QED) is 0.767. The molecule has 0 N–H and O–H groups in total. The first kappa shape index (κ1) is 13.9. The standard InChI is InChI=1S/C18H16ClNO/c1-2-18(21)20-11-14-10-15(19)8-9-16(14)17(12-20)13-6-4-3-5-7-13/h2-10,17H,1,11-12H2/t17-/m1/s1. The van der Waals surface area contributed by atoms with Gasteiger partial charge in [-0.2, -0.15) is 0 Å². The van der Waals surface area contributed by atoms with Crippen molar-refractivity contribution in [3.05, 3.63) is 82.9 Å². The average molecular weight is 298 g/mol. The summed E-state index contributed by atoms with van der Waals surface area (Å²) in [6.07, 6.45) is 1.37. The molecule has 0 radical (unpaired) electrons. The molecule has 0 aliphatic carbocycles. The smallest absolute Gasteiger partial charge is 0.246 e. The van der Waals surface area contributed by atoms with E-state index < -0.39 is 0 Å². The lowest BCUT2D eigenvalue weighted by Gasteiger charge is -2.34. The molecule has 2 nitrogen and oxygen atoms in total. The van der Waals surface area contributed by atoms with E-state index in [1.54, 1.807) is 0 Å². The van der Waals surface area contributed by atoms with E-state index >= 15 is 0 Å². The lowest BCUT2D eigenvalue weighted by atomic mass is 9.84. The van der Waals surface area contributed by atoms with Crippen LogP contribution in [0.3, 0.4) is 0 Å². The first-order chi connectivity index (χ1) is 10.2. The van der Waals surface area contributed by atoms with Crippen molar-refractivity contribution in [1.29, 1.82) is 0 Å². The van der Waals surface area contributed by atoms with Gasteiger partial charge in [-0.1, -0.05) is 54.6 Å². The maximum absolute atomic E-state index is 12.0. The lowest BCUT2D eigenvalue weighted by Crippen LogP contribution is -2.37. The molecule has 0 aromatic heterocycles. The van der Waals surface area contributed by atoms with Gasteiger partial charge in [0.05, 0.1) is 0 Å². The third-order valence-electron chi connectivity index (χ3n) is 3.93. The summed E-state index contributed by atoms with van der Waals surface area (Å²) in [7, 11) is 0. The number of carbonyl (C=O) groups excluding carboxylic acids is 1. The second-order valence-corrected chi connectivity index (χ2v) is 5.67. The zero-order valence-corrected chi connectivity index (χ0v) is 12.4. The fraction of sp³-hybridized carbons (Fsp3) is 0.167. The Hall–Kier alpha value is -2.06. The molecule has 1 aliphatic rings. The highest BCUT2D eigenvalue weighted by Gasteiger charge is 2.28. The van der Waals surface area contributed by atoms with Gasteiger partial charge in [-0.15, -0.1) is 0 Å². The first-order valence-electron chi connectivity index (χ1n) is 6.93. The minimum absolute atomic E-state index is 0.0402. The molecule has 2 aromatic carbocycles. The van der Waals surface area contributed by atoms with E-state index in [4.69, 9.17) is 11.6 Å². The summed E-state index contributed by atoms with van der Waals surface area (Å²) in [6, 6.07) is 16.2. The number of carbonyl (C=O) groups is 1. The predicted molar refractivity (Wildman–Crippen MR) is 85.4 cm³/mol. The number of hydrogen-bond donors (Lipinski definition) is 0. The maximum Gasteiger partial charge on any atom is 0.246 e. The molecule has 106 valence electrons. The van der Waals surface area contributed by atoms with E-state index in [1.165, 1.54) is 17.2 Å². The molecule has 1 atom stereocenters. The first-order valence-corrected chi connectivity index (χ1v) is 7.31. The van der Waals surface area contributed by atoms with Crippen molar-refractivity contribution >= 4 is 17.5 Å². The van der Waals surface area contributed by atoms with E-state index in [0.717, 1.165) is 5.56 Å². The third kappa shape index (κ3) is 2.72. The third-order valence-corrected chi connectivity index (χ3v) is 4.17. The zero-order valence-electron chi connectivity index (χ0n) is 11.6. The van der Waals surface area contributed by atoms with Gasteiger partial charge in [-0.25, -0.2) is 0 Å². The van der Waals surface area contributed by atoms with Crippen LogP contribution >= 0.6 is 11.6 Å². The maximum atomic E-state index is 12.0. The SMILES string of the molecule is C=CC(=O)N1Cc2cc(Cl)ccc2[C@@H](c2ccccc2)C1. The molecule has 1 amide bonds. The van der Waals surface area contributed by atoms with E-state index in [0.29, 0.717) is 18.1 Å². The van der Waals surface area contributed by atoms with Crippen molar-refractivity contribution in [2.45, 2.75) is 12.5 Å². The minimum Gasteiger partial charge on any atom is -0.334 e. The highest BCUT2D eigenvalue weighted by Crippen LogP contribution is 2.34. The van der Waals surface area contributed by atoms with Crippen LogP contribution in [0, 0.1) is 0 Å². The second kappa shape index (κ2) is 5.74. The molecule has 3 rings (SSSR count). The largest absolute Gasteiger partial charge is 0.334 e. The Morgan fingerprint density at radius 3 is 2.71 bits per heavy atom. The van der Waals surface area contributed by atoms with E-state index in [-0.39, 0.29) is 11.8 Å². The Labute approximate surface area is 129 Å². The molecule has 1 heterocycles. The highest BCUT2D eigenvalue weighted by atomic mass is 35.5. The van der Waals surface area contributed by atoms with Crippen LogP contribution in [0.25, 0.3) is 0 Å². The average Bonchev–Trinajstić information content (AvgIpc) is 2.53. The molecule has 0 bridgehead atoms. The number of rotatable bonds is 2. The molecule has 2 aromatic rings. The molecular weight excluding hydrogens is 282 g/mol. The number of fused-ring (bicyclic) bond motifs is 1. The Morgan fingerprint density at radius 1 is 1.24 bits per heavy atom. The number of amides is 1. The normalized spacial score (nSPS) is 17.2. The van der Waals surface area contributed by atoms with Gasteiger partial charge in [-0.3, -0.25) is 4.79 Å². The van der Waals surface area contributed by atoms with Gasteiger partial charge in [0, 0.05) is 24.0 Å². The summed E-state index contributed by atoms with van der Waals surface area (Å²) in [4.78, 5) is 13.8. The summed E-state index contributed by atoms with van der Waals surface area (Å²) < 4.78 is 0. The highest BCUT2D eigenvalue weighted by molar-refractivity contribution is 6.30. The summed E-state index contributed by atoms with van der Waals surface area (Å²) >= 11 is 6.11. The van der Waals surface area contributed by atoms with Crippen molar-refractivity contribution in [2.24, 2.45) is 0 Å². The lowest BCUT2D eigenvalue weighted by molar-refractivity contribution is -0.127. The van der Waals surface area contributed by atoms with Gasteiger partial charge in [0.25, 0.3) is 0 Å². The fourth-order valence-corrected chi connectivity index (χ4v) is 3.10. The van der Waals surface area contributed by atoms with Gasteiger partial charge in [-0.05, 0) is 34.9 Å². The summed E-state index contributed by atoms with van der Waals surface area (Å²) in [6.45, 7) is 4.85. The van der Waals surface area contributed by atoms with Crippen LogP contribution in [-0.4, -0.2) is 17.4 Å². The van der Waals surface area contributed by atoms with Crippen LogP contribution in [0.2, 0.25) is 5.02 Å². The van der Waals surface area contributed by atoms with Gasteiger partial charge in [0.15, 0.2) is 0 Å². The molecular formula is C18H16ClNO. The van der Waals surface area contributed by atoms with Crippen LogP contribution in [-0.2, 0) is 11.3 Å². The Kier molecular flexibility index (Phi) is 3.80. The molecule has 0 fully saturated rings.